The van der Waals surface area contributed by atoms with E-state index in [0.29, 0.717) is 42.5 Å². The highest BCUT2D eigenvalue weighted by Gasteiger charge is 2.34. The lowest BCUT2D eigenvalue weighted by Crippen LogP contribution is -2.37. The molecule has 0 saturated carbocycles. The topological polar surface area (TPSA) is 94.2 Å². The maximum atomic E-state index is 12.7. The molecule has 35 heavy (non-hydrogen) atoms. The Morgan fingerprint density at radius 3 is 2.69 bits per heavy atom. The molecule has 3 rings (SSSR count). The Morgan fingerprint density at radius 1 is 1.11 bits per heavy atom. The van der Waals surface area contributed by atoms with E-state index in [0.717, 1.165) is 33.5 Å². The molecule has 1 heterocycles. The molecule has 0 aliphatic carbocycles. The smallest absolute Gasteiger partial charge is 0.293 e. The standard InChI is InChI=1S/C26H30N2O6S/c1-4-33-21-11-10-19(16-22(21)32-3)17-23-25(30)28(26(31)35-23)13-12-27-24(29)9-6-14-34-20-8-5-7-18(2)15-20/h5,7-8,10-11,15-17H,4,6,9,12-14H2,1-3H3,(H,27,29). The fraction of sp³-hybridized carbons (Fsp3) is 0.346. The molecule has 0 unspecified atom stereocenters. The third-order valence-corrected chi connectivity index (χ3v) is 6.03. The van der Waals surface area contributed by atoms with Gasteiger partial charge in [0.15, 0.2) is 11.5 Å². The second kappa shape index (κ2) is 12.9. The van der Waals surface area contributed by atoms with Gasteiger partial charge in [-0.3, -0.25) is 19.3 Å². The van der Waals surface area contributed by atoms with Gasteiger partial charge >= 0.3 is 0 Å². The van der Waals surface area contributed by atoms with Gasteiger partial charge in [0.2, 0.25) is 5.91 Å². The average molecular weight is 499 g/mol. The normalized spacial score (nSPS) is 14.4. The Kier molecular flexibility index (Phi) is 9.60. The van der Waals surface area contributed by atoms with E-state index in [4.69, 9.17) is 14.2 Å². The molecule has 2 aromatic rings. The third-order valence-electron chi connectivity index (χ3n) is 5.12. The fourth-order valence-corrected chi connectivity index (χ4v) is 4.28. The first-order valence-corrected chi connectivity index (χ1v) is 12.2. The molecule has 8 nitrogen and oxygen atoms in total. The zero-order valence-corrected chi connectivity index (χ0v) is 21.0. The van der Waals surface area contributed by atoms with Crippen molar-refractivity contribution < 1.29 is 28.6 Å². The van der Waals surface area contributed by atoms with Gasteiger partial charge in [0.1, 0.15) is 5.75 Å². The summed E-state index contributed by atoms with van der Waals surface area (Å²) in [4.78, 5) is 38.6. The molecule has 186 valence electrons. The lowest BCUT2D eigenvalue weighted by molar-refractivity contribution is -0.124. The van der Waals surface area contributed by atoms with Crippen LogP contribution >= 0.6 is 11.8 Å². The van der Waals surface area contributed by atoms with Crippen LogP contribution in [0.25, 0.3) is 6.08 Å². The molecule has 0 radical (unpaired) electrons. The zero-order valence-electron chi connectivity index (χ0n) is 20.2. The van der Waals surface area contributed by atoms with Gasteiger partial charge in [-0.1, -0.05) is 18.2 Å². The highest BCUT2D eigenvalue weighted by molar-refractivity contribution is 8.18. The van der Waals surface area contributed by atoms with Crippen LogP contribution in [0.1, 0.15) is 30.9 Å². The minimum atomic E-state index is -0.381. The second-order valence-electron chi connectivity index (χ2n) is 7.80. The number of hydrogen-bond donors (Lipinski definition) is 1. The molecule has 1 N–H and O–H groups in total. The van der Waals surface area contributed by atoms with Crippen LogP contribution in [0.2, 0.25) is 0 Å². The molecule has 0 spiro atoms. The van der Waals surface area contributed by atoms with Crippen molar-refractivity contribution in [2.45, 2.75) is 26.7 Å². The summed E-state index contributed by atoms with van der Waals surface area (Å²) in [6, 6.07) is 13.0. The zero-order chi connectivity index (χ0) is 25.2. The van der Waals surface area contributed by atoms with Crippen LogP contribution in [-0.4, -0.2) is 55.4 Å². The van der Waals surface area contributed by atoms with E-state index in [1.54, 1.807) is 31.4 Å². The first kappa shape index (κ1) is 26.2. The minimum Gasteiger partial charge on any atom is -0.494 e. The summed E-state index contributed by atoms with van der Waals surface area (Å²) < 4.78 is 16.5. The van der Waals surface area contributed by atoms with Crippen molar-refractivity contribution in [1.82, 2.24) is 10.2 Å². The number of carbonyl (C=O) groups is 3. The summed E-state index contributed by atoms with van der Waals surface area (Å²) in [5, 5.41) is 2.40. The lowest BCUT2D eigenvalue weighted by atomic mass is 10.2. The summed E-state index contributed by atoms with van der Waals surface area (Å²) >= 11 is 0.876. The van der Waals surface area contributed by atoms with E-state index in [9.17, 15) is 14.4 Å². The van der Waals surface area contributed by atoms with Gasteiger partial charge < -0.3 is 19.5 Å². The van der Waals surface area contributed by atoms with Crippen LogP contribution in [0.5, 0.6) is 17.2 Å². The number of aryl methyl sites for hydroxylation is 1. The van der Waals surface area contributed by atoms with Crippen LogP contribution in [-0.2, 0) is 9.59 Å². The van der Waals surface area contributed by atoms with Crippen molar-refractivity contribution in [1.29, 1.82) is 0 Å². The number of imide groups is 1. The van der Waals surface area contributed by atoms with Crippen molar-refractivity contribution in [3.05, 3.63) is 58.5 Å². The van der Waals surface area contributed by atoms with Crippen LogP contribution in [0.4, 0.5) is 4.79 Å². The quantitative estimate of drug-likeness (QED) is 0.342. The number of ether oxygens (including phenoxy) is 3. The van der Waals surface area contributed by atoms with Gasteiger partial charge in [-0.2, -0.15) is 0 Å². The van der Waals surface area contributed by atoms with Gasteiger partial charge in [0.25, 0.3) is 11.1 Å². The number of benzene rings is 2. The first-order chi connectivity index (χ1) is 16.9. The SMILES string of the molecule is CCOc1ccc(C=C2SC(=O)N(CCNC(=O)CCCOc3cccc(C)c3)C2=O)cc1OC. The molecule has 1 aliphatic rings. The van der Waals surface area contributed by atoms with Crippen molar-refractivity contribution >= 4 is 34.9 Å². The van der Waals surface area contributed by atoms with Crippen LogP contribution < -0.4 is 19.5 Å². The number of nitrogens with zero attached hydrogens (tertiary/aromatic N) is 1. The van der Waals surface area contributed by atoms with Crippen molar-refractivity contribution in [2.75, 3.05) is 33.4 Å². The van der Waals surface area contributed by atoms with Gasteiger partial charge in [-0.05, 0) is 73.5 Å². The Labute approximate surface area is 209 Å². The molecule has 3 amide bonds. The van der Waals surface area contributed by atoms with E-state index in [1.807, 2.05) is 38.1 Å². The molecule has 1 fully saturated rings. The summed E-state index contributed by atoms with van der Waals surface area (Å²) in [5.41, 5.74) is 1.83. The molecule has 0 bridgehead atoms. The molecule has 9 heteroatoms. The third kappa shape index (κ3) is 7.51. The second-order valence-corrected chi connectivity index (χ2v) is 8.79. The van der Waals surface area contributed by atoms with Crippen LogP contribution in [0, 0.1) is 6.92 Å². The number of methoxy groups -OCH3 is 1. The van der Waals surface area contributed by atoms with E-state index < -0.39 is 0 Å². The lowest BCUT2D eigenvalue weighted by Gasteiger charge is -2.13. The molecule has 2 aromatic carbocycles. The summed E-state index contributed by atoms with van der Waals surface area (Å²) in [6.07, 6.45) is 2.51. The van der Waals surface area contributed by atoms with Gasteiger partial charge in [-0.15, -0.1) is 0 Å². The summed E-state index contributed by atoms with van der Waals surface area (Å²) in [5.74, 6) is 1.40. The summed E-state index contributed by atoms with van der Waals surface area (Å²) in [6.45, 7) is 5.12. The fourth-order valence-electron chi connectivity index (χ4n) is 3.42. The predicted octanol–water partition coefficient (Wildman–Crippen LogP) is 4.41. The molecular weight excluding hydrogens is 468 g/mol. The minimum absolute atomic E-state index is 0.111. The van der Waals surface area contributed by atoms with Crippen molar-refractivity contribution in [3.63, 3.8) is 0 Å². The molecule has 0 atom stereocenters. The molecular formula is C26H30N2O6S. The number of carbonyl (C=O) groups excluding carboxylic acids is 3. The largest absolute Gasteiger partial charge is 0.494 e. The number of amides is 3. The van der Waals surface area contributed by atoms with Gasteiger partial charge in [-0.25, -0.2) is 0 Å². The molecule has 1 saturated heterocycles. The Hall–Kier alpha value is -3.46. The number of rotatable bonds is 12. The first-order valence-electron chi connectivity index (χ1n) is 11.4. The Morgan fingerprint density at radius 2 is 1.94 bits per heavy atom. The van der Waals surface area contributed by atoms with Crippen LogP contribution in [0.3, 0.4) is 0 Å². The van der Waals surface area contributed by atoms with Crippen molar-refractivity contribution in [3.8, 4) is 17.2 Å². The maximum absolute atomic E-state index is 12.7. The number of hydrogen-bond acceptors (Lipinski definition) is 7. The van der Waals surface area contributed by atoms with E-state index >= 15 is 0 Å². The Bertz CT molecular complexity index is 1100. The maximum Gasteiger partial charge on any atom is 0.293 e. The highest BCUT2D eigenvalue weighted by atomic mass is 32.2. The van der Waals surface area contributed by atoms with E-state index in [-0.39, 0.29) is 30.1 Å². The summed E-state index contributed by atoms with van der Waals surface area (Å²) in [7, 11) is 1.54. The average Bonchev–Trinajstić information content (AvgIpc) is 3.10. The van der Waals surface area contributed by atoms with E-state index in [1.165, 1.54) is 0 Å². The Balaban J connectivity index is 1.44. The molecule has 0 aromatic heterocycles. The number of thioether (sulfide) groups is 1. The van der Waals surface area contributed by atoms with Gasteiger partial charge in [0.05, 0.1) is 25.2 Å². The van der Waals surface area contributed by atoms with Gasteiger partial charge in [0, 0.05) is 19.5 Å². The van der Waals surface area contributed by atoms with E-state index in [2.05, 4.69) is 5.32 Å². The predicted molar refractivity (Wildman–Crippen MR) is 136 cm³/mol. The number of nitrogens with one attached hydrogen (secondary N) is 1. The monoisotopic (exact) mass is 498 g/mol. The van der Waals surface area contributed by atoms with Crippen molar-refractivity contribution in [2.24, 2.45) is 0 Å². The highest BCUT2D eigenvalue weighted by Crippen LogP contribution is 2.34. The molecule has 1 aliphatic heterocycles. The van der Waals surface area contributed by atoms with Crippen LogP contribution in [0.15, 0.2) is 47.4 Å².